The van der Waals surface area contributed by atoms with Crippen LogP contribution in [0, 0.1) is 35.0 Å². The quantitative estimate of drug-likeness (QED) is 0.205. The molecule has 40 heavy (non-hydrogen) atoms. The molecule has 1 aliphatic heterocycles. The average molecular weight is 568 g/mol. The van der Waals surface area contributed by atoms with Crippen LogP contribution in [0.2, 0.25) is 0 Å². The van der Waals surface area contributed by atoms with Gasteiger partial charge in [-0.1, -0.05) is 13.8 Å². The van der Waals surface area contributed by atoms with Crippen LogP contribution in [0.4, 0.5) is 0 Å². The highest BCUT2D eigenvalue weighted by Gasteiger charge is 2.67. The zero-order valence-electron chi connectivity index (χ0n) is 22.9. The second kappa shape index (κ2) is 11.9. The highest BCUT2D eigenvalue weighted by Crippen LogP contribution is 2.59. The van der Waals surface area contributed by atoms with E-state index in [2.05, 4.69) is 10.6 Å². The maximum Gasteiger partial charge on any atom is 0.322 e. The van der Waals surface area contributed by atoms with Crippen LogP contribution in [0.1, 0.15) is 53.4 Å². The lowest BCUT2D eigenvalue weighted by Gasteiger charge is -2.42. The molecule has 3 fully saturated rings. The number of Topliss-reactive ketones (excluding diaryl/α,β-unsaturated/α-hetero) is 1. The zero-order chi connectivity index (χ0) is 30.1. The van der Waals surface area contributed by atoms with E-state index in [-0.39, 0.29) is 31.0 Å². The lowest BCUT2D eigenvalue weighted by molar-refractivity contribution is -0.166. The van der Waals surface area contributed by atoms with Crippen LogP contribution < -0.4 is 16.4 Å². The molecule has 0 unspecified atom stereocenters. The summed E-state index contributed by atoms with van der Waals surface area (Å²) in [7, 11) is 0. The molecule has 2 amide bonds. The van der Waals surface area contributed by atoms with Gasteiger partial charge in [-0.2, -0.15) is 0 Å². The number of aliphatic carboxylic acids is 2. The Morgan fingerprint density at radius 1 is 1.18 bits per heavy atom. The van der Waals surface area contributed by atoms with Gasteiger partial charge >= 0.3 is 23.9 Å². The van der Waals surface area contributed by atoms with Crippen molar-refractivity contribution in [1.29, 1.82) is 0 Å². The summed E-state index contributed by atoms with van der Waals surface area (Å²) in [6.07, 6.45) is -2.10. The Morgan fingerprint density at radius 3 is 2.40 bits per heavy atom. The normalized spacial score (nSPS) is 34.4. The smallest absolute Gasteiger partial charge is 0.322 e. The van der Waals surface area contributed by atoms with Crippen LogP contribution in [-0.4, -0.2) is 82.5 Å². The van der Waals surface area contributed by atoms with E-state index in [4.69, 9.17) is 25.4 Å². The average Bonchev–Trinajstić information content (AvgIpc) is 3.25. The van der Waals surface area contributed by atoms with Crippen LogP contribution in [0.25, 0.3) is 0 Å². The van der Waals surface area contributed by atoms with Gasteiger partial charge in [0.05, 0.1) is 11.3 Å². The van der Waals surface area contributed by atoms with Crippen molar-refractivity contribution in [2.75, 3.05) is 6.54 Å². The Kier molecular flexibility index (Phi) is 9.22. The van der Waals surface area contributed by atoms with Gasteiger partial charge in [-0.05, 0) is 37.5 Å². The van der Waals surface area contributed by atoms with Gasteiger partial charge in [-0.3, -0.25) is 33.6 Å². The number of hydrogen-bond donors (Lipinski definition) is 5. The van der Waals surface area contributed by atoms with Gasteiger partial charge in [0.2, 0.25) is 11.8 Å². The second-order valence-corrected chi connectivity index (χ2v) is 11.3. The standard InChI is InChI=1S/C26H37N3O11/c1-10-7-15-19(11(2)25(38)40-15)22(39-12(3)30)26(4)16(31)8-13(20(10)26)21(23(35)28-9-18(33)34)29-17(32)6-5-14(27)24(36)37/h10-11,13-15,19-22H,5-9,27H2,1-4H3,(H,28,35)(H,29,32)(H,33,34)(H,36,37)/t10-,11+,13-,14+,15-,19-,20-,21-,22+,26-/m1/s1. The number of ether oxygens (including phenoxy) is 2. The monoisotopic (exact) mass is 567 g/mol. The summed E-state index contributed by atoms with van der Waals surface area (Å²) in [6, 6.07) is -2.67. The van der Waals surface area contributed by atoms with Crippen molar-refractivity contribution in [2.45, 2.75) is 77.7 Å². The van der Waals surface area contributed by atoms with E-state index < -0.39 is 95.6 Å². The van der Waals surface area contributed by atoms with E-state index in [0.29, 0.717) is 6.42 Å². The summed E-state index contributed by atoms with van der Waals surface area (Å²) in [5.74, 6) is -8.67. The number of fused-ring (bicyclic) bond motifs is 2. The number of nitrogens with two attached hydrogens (primary N) is 1. The molecule has 3 rings (SSSR count). The van der Waals surface area contributed by atoms with Gasteiger partial charge in [-0.25, -0.2) is 0 Å². The number of rotatable bonds is 10. The molecule has 1 saturated heterocycles. The highest BCUT2D eigenvalue weighted by molar-refractivity contribution is 5.94. The van der Waals surface area contributed by atoms with Crippen LogP contribution in [0.15, 0.2) is 0 Å². The van der Waals surface area contributed by atoms with Gasteiger partial charge in [-0.15, -0.1) is 0 Å². The Labute approximate surface area is 230 Å². The minimum absolute atomic E-state index is 0.191. The molecule has 0 aromatic rings. The molecule has 2 aliphatic carbocycles. The van der Waals surface area contributed by atoms with Crippen molar-refractivity contribution in [3.63, 3.8) is 0 Å². The molecule has 0 aromatic heterocycles. The first kappa shape index (κ1) is 31.0. The molecule has 0 spiro atoms. The van der Waals surface area contributed by atoms with Gasteiger partial charge in [0.25, 0.3) is 0 Å². The fourth-order valence-corrected chi connectivity index (χ4v) is 6.94. The summed E-state index contributed by atoms with van der Waals surface area (Å²) in [5, 5.41) is 22.9. The molecular weight excluding hydrogens is 530 g/mol. The van der Waals surface area contributed by atoms with E-state index in [1.54, 1.807) is 13.8 Å². The first-order valence-electron chi connectivity index (χ1n) is 13.3. The van der Waals surface area contributed by atoms with Crippen LogP contribution in [0.3, 0.4) is 0 Å². The van der Waals surface area contributed by atoms with Crippen molar-refractivity contribution < 1.29 is 53.2 Å². The molecule has 222 valence electrons. The number of carbonyl (C=O) groups excluding carboxylic acids is 5. The first-order valence-corrected chi connectivity index (χ1v) is 13.3. The Balaban J connectivity index is 2.01. The van der Waals surface area contributed by atoms with E-state index in [1.807, 2.05) is 6.92 Å². The summed E-state index contributed by atoms with van der Waals surface area (Å²) in [4.78, 5) is 86.8. The van der Waals surface area contributed by atoms with Crippen LogP contribution in [-0.2, 0) is 43.0 Å². The number of carbonyl (C=O) groups is 7. The van der Waals surface area contributed by atoms with Gasteiger partial charge < -0.3 is 36.1 Å². The molecule has 14 heteroatoms. The molecular formula is C26H37N3O11. The third-order valence-corrected chi connectivity index (χ3v) is 8.71. The van der Waals surface area contributed by atoms with Crippen molar-refractivity contribution >= 4 is 41.5 Å². The fourth-order valence-electron chi connectivity index (χ4n) is 6.94. The number of ketones is 1. The van der Waals surface area contributed by atoms with Crippen molar-refractivity contribution in [3.05, 3.63) is 0 Å². The summed E-state index contributed by atoms with van der Waals surface area (Å²) in [5.41, 5.74) is 4.14. The van der Waals surface area contributed by atoms with E-state index in [9.17, 15) is 33.6 Å². The molecule has 10 atom stereocenters. The molecule has 0 bridgehead atoms. The summed E-state index contributed by atoms with van der Waals surface area (Å²) in [6.45, 7) is 5.59. The van der Waals surface area contributed by atoms with Crippen LogP contribution in [0.5, 0.6) is 0 Å². The summed E-state index contributed by atoms with van der Waals surface area (Å²) >= 11 is 0. The maximum absolute atomic E-state index is 13.8. The predicted molar refractivity (Wildman–Crippen MR) is 134 cm³/mol. The SMILES string of the molecule is CC(=O)O[C@H]1[C@@H]2[C@H](C)C(=O)O[C@@H]2C[C@@H](C)[C@@H]2[C@H]([C@@H](NC(=O)CC[C@H](N)C(=O)O)C(=O)NCC(=O)O)CC(=O)[C@]21C. The number of hydrogen-bond acceptors (Lipinski definition) is 10. The molecule has 3 aliphatic rings. The van der Waals surface area contributed by atoms with Crippen molar-refractivity contribution in [3.8, 4) is 0 Å². The second-order valence-electron chi connectivity index (χ2n) is 11.3. The molecule has 0 aromatic carbocycles. The maximum atomic E-state index is 13.8. The van der Waals surface area contributed by atoms with E-state index in [1.165, 1.54) is 6.92 Å². The summed E-state index contributed by atoms with van der Waals surface area (Å²) < 4.78 is 11.4. The lowest BCUT2D eigenvalue weighted by Crippen LogP contribution is -2.55. The van der Waals surface area contributed by atoms with Crippen LogP contribution >= 0.6 is 0 Å². The Hall–Kier alpha value is -3.55. The first-order chi connectivity index (χ1) is 18.6. The van der Waals surface area contributed by atoms with Crippen molar-refractivity contribution in [1.82, 2.24) is 10.6 Å². The fraction of sp³-hybridized carbons (Fsp3) is 0.731. The molecule has 14 nitrogen and oxygen atoms in total. The third-order valence-electron chi connectivity index (χ3n) is 8.71. The largest absolute Gasteiger partial charge is 0.480 e. The van der Waals surface area contributed by atoms with Gasteiger partial charge in [0.1, 0.15) is 36.6 Å². The molecule has 6 N–H and O–H groups in total. The molecule has 1 heterocycles. The number of carboxylic acids is 2. The molecule has 0 radical (unpaired) electrons. The minimum Gasteiger partial charge on any atom is -0.480 e. The van der Waals surface area contributed by atoms with E-state index >= 15 is 0 Å². The zero-order valence-corrected chi connectivity index (χ0v) is 22.9. The Bertz CT molecular complexity index is 1090. The third kappa shape index (κ3) is 5.96. The number of nitrogens with one attached hydrogen (secondary N) is 2. The van der Waals surface area contributed by atoms with Gasteiger partial charge in [0, 0.05) is 25.7 Å². The van der Waals surface area contributed by atoms with Crippen molar-refractivity contribution in [2.24, 2.45) is 40.7 Å². The lowest BCUT2D eigenvalue weighted by atomic mass is 9.64. The number of esters is 2. The topological polar surface area (TPSA) is 228 Å². The highest BCUT2D eigenvalue weighted by atomic mass is 16.6. The Morgan fingerprint density at radius 2 is 1.82 bits per heavy atom. The minimum atomic E-state index is -1.36. The molecule has 2 saturated carbocycles. The predicted octanol–water partition coefficient (Wildman–Crippen LogP) is -0.775. The number of carboxylic acid groups (broad SMARTS) is 2. The van der Waals surface area contributed by atoms with Gasteiger partial charge in [0.15, 0.2) is 0 Å². The van der Waals surface area contributed by atoms with E-state index in [0.717, 1.165) is 0 Å². The number of amides is 2.